The Morgan fingerprint density at radius 1 is 1.23 bits per heavy atom. The number of anilines is 1. The minimum absolute atomic E-state index is 0.0881. The molecule has 3 rings (SSSR count). The van der Waals surface area contributed by atoms with Crippen molar-refractivity contribution in [3.63, 3.8) is 0 Å². The molecule has 0 aromatic carbocycles. The minimum atomic E-state index is -1.59. The quantitative estimate of drug-likeness (QED) is 0.420. The molecule has 6 heteroatoms. The molecule has 2 atom stereocenters. The van der Waals surface area contributed by atoms with E-state index in [2.05, 4.69) is 56.2 Å². The Labute approximate surface area is 179 Å². The standard InChI is InChI=1S/C24H35N3O3/c1-16-9-8-10-17(13-16)22-18(11-6-5-7-12-30-24(2,3)4)26-19-14-20(23(28)29)25-15-21(19)27-22/h8-10,14-16,18,23,26,28-29H,5-7,11-13H2,1-4H3. The van der Waals surface area contributed by atoms with Gasteiger partial charge in [-0.15, -0.1) is 0 Å². The molecule has 3 N–H and O–H groups in total. The van der Waals surface area contributed by atoms with Gasteiger partial charge in [0.15, 0.2) is 6.29 Å². The molecule has 0 saturated carbocycles. The third kappa shape index (κ3) is 6.24. The number of nitrogens with one attached hydrogen (secondary N) is 1. The normalized spacial score (nSPS) is 21.2. The smallest absolute Gasteiger partial charge is 0.196 e. The number of rotatable bonds is 8. The fraction of sp³-hybridized carbons (Fsp3) is 0.583. The molecule has 1 aromatic heterocycles. The Morgan fingerprint density at radius 2 is 2.03 bits per heavy atom. The summed E-state index contributed by atoms with van der Waals surface area (Å²) in [7, 11) is 0. The van der Waals surface area contributed by atoms with Crippen molar-refractivity contribution in [1.29, 1.82) is 0 Å². The molecular weight excluding hydrogens is 378 g/mol. The number of hydrogen-bond donors (Lipinski definition) is 3. The van der Waals surface area contributed by atoms with E-state index < -0.39 is 6.29 Å². The number of pyridine rings is 1. The van der Waals surface area contributed by atoms with Crippen LogP contribution in [0.4, 0.5) is 11.4 Å². The third-order valence-corrected chi connectivity index (χ3v) is 5.35. The van der Waals surface area contributed by atoms with E-state index in [-0.39, 0.29) is 17.3 Å². The van der Waals surface area contributed by atoms with Crippen LogP contribution in [0.15, 0.2) is 41.1 Å². The molecule has 30 heavy (non-hydrogen) atoms. The highest BCUT2D eigenvalue weighted by atomic mass is 16.5. The molecule has 0 spiro atoms. The largest absolute Gasteiger partial charge is 0.376 e. The van der Waals surface area contributed by atoms with E-state index >= 15 is 0 Å². The average molecular weight is 414 g/mol. The molecule has 6 nitrogen and oxygen atoms in total. The van der Waals surface area contributed by atoms with Crippen molar-refractivity contribution in [1.82, 2.24) is 4.98 Å². The SMILES string of the molecule is CC1C=CC=C(C2=Nc3cnc(C(O)O)cc3NC2CCCCCOC(C)(C)C)C1. The van der Waals surface area contributed by atoms with Crippen LogP contribution < -0.4 is 5.32 Å². The molecule has 0 radical (unpaired) electrons. The summed E-state index contributed by atoms with van der Waals surface area (Å²) in [4.78, 5) is 9.07. The van der Waals surface area contributed by atoms with Crippen molar-refractivity contribution in [2.24, 2.45) is 10.9 Å². The van der Waals surface area contributed by atoms with Crippen LogP contribution >= 0.6 is 0 Å². The highest BCUT2D eigenvalue weighted by Crippen LogP contribution is 2.35. The van der Waals surface area contributed by atoms with Gasteiger partial charge in [-0.05, 0) is 57.6 Å². The molecule has 2 aliphatic rings. The number of hydrogen-bond acceptors (Lipinski definition) is 6. The Bertz CT molecular complexity index is 821. The first-order chi connectivity index (χ1) is 14.2. The fourth-order valence-corrected chi connectivity index (χ4v) is 3.82. The number of ether oxygens (including phenoxy) is 1. The van der Waals surface area contributed by atoms with E-state index in [1.165, 1.54) is 5.57 Å². The summed E-state index contributed by atoms with van der Waals surface area (Å²) >= 11 is 0. The van der Waals surface area contributed by atoms with Gasteiger partial charge in [0.05, 0.1) is 34.9 Å². The van der Waals surface area contributed by atoms with E-state index in [4.69, 9.17) is 9.73 Å². The zero-order valence-electron chi connectivity index (χ0n) is 18.6. The van der Waals surface area contributed by atoms with Crippen molar-refractivity contribution >= 4 is 17.1 Å². The van der Waals surface area contributed by atoms with Crippen molar-refractivity contribution in [3.8, 4) is 0 Å². The predicted octanol–water partition coefficient (Wildman–Crippen LogP) is 4.83. The number of unbranched alkanes of at least 4 members (excludes halogenated alkanes) is 2. The number of aliphatic imine (C=N–C) groups is 1. The molecule has 0 bridgehead atoms. The third-order valence-electron chi connectivity index (χ3n) is 5.35. The zero-order chi connectivity index (χ0) is 21.7. The molecule has 0 saturated heterocycles. The molecular formula is C24H35N3O3. The van der Waals surface area contributed by atoms with Crippen LogP contribution in [0.25, 0.3) is 0 Å². The predicted molar refractivity (Wildman–Crippen MR) is 121 cm³/mol. The maximum atomic E-state index is 9.46. The monoisotopic (exact) mass is 413 g/mol. The minimum Gasteiger partial charge on any atom is -0.376 e. The average Bonchev–Trinajstić information content (AvgIpc) is 2.68. The van der Waals surface area contributed by atoms with E-state index in [1.807, 2.05) is 0 Å². The summed E-state index contributed by atoms with van der Waals surface area (Å²) in [5.41, 5.74) is 4.02. The lowest BCUT2D eigenvalue weighted by Crippen LogP contribution is -2.34. The van der Waals surface area contributed by atoms with Crippen molar-refractivity contribution in [2.75, 3.05) is 11.9 Å². The van der Waals surface area contributed by atoms with Gasteiger partial charge in [0, 0.05) is 6.61 Å². The summed E-state index contributed by atoms with van der Waals surface area (Å²) in [6, 6.07) is 1.78. The topological polar surface area (TPSA) is 87.0 Å². The van der Waals surface area contributed by atoms with Crippen LogP contribution in [0.5, 0.6) is 0 Å². The Balaban J connectivity index is 1.71. The van der Waals surface area contributed by atoms with Crippen LogP contribution in [0.3, 0.4) is 0 Å². The first-order valence-electron chi connectivity index (χ1n) is 11.0. The lowest BCUT2D eigenvalue weighted by molar-refractivity contribution is -0.0457. The number of fused-ring (bicyclic) bond motifs is 1. The van der Waals surface area contributed by atoms with Crippen LogP contribution in [-0.4, -0.2) is 39.2 Å². The number of allylic oxidation sites excluding steroid dienone is 3. The molecule has 2 unspecified atom stereocenters. The van der Waals surface area contributed by atoms with Gasteiger partial charge in [0.2, 0.25) is 0 Å². The summed E-state index contributed by atoms with van der Waals surface area (Å²) in [6.45, 7) is 9.24. The lowest BCUT2D eigenvalue weighted by atomic mass is 9.87. The van der Waals surface area contributed by atoms with Gasteiger partial charge in [0.1, 0.15) is 5.69 Å². The maximum Gasteiger partial charge on any atom is 0.196 e. The number of aliphatic hydroxyl groups is 2. The molecule has 164 valence electrons. The van der Waals surface area contributed by atoms with Crippen molar-refractivity contribution < 1.29 is 14.9 Å². The van der Waals surface area contributed by atoms with E-state index in [1.54, 1.807) is 12.3 Å². The second-order valence-corrected chi connectivity index (χ2v) is 9.26. The number of nitrogens with zero attached hydrogens (tertiary/aromatic N) is 2. The number of aromatic nitrogens is 1. The molecule has 2 heterocycles. The zero-order valence-corrected chi connectivity index (χ0v) is 18.6. The Morgan fingerprint density at radius 3 is 2.73 bits per heavy atom. The van der Waals surface area contributed by atoms with Gasteiger partial charge in [-0.3, -0.25) is 4.98 Å². The van der Waals surface area contributed by atoms with Gasteiger partial charge >= 0.3 is 0 Å². The summed E-state index contributed by atoms with van der Waals surface area (Å²) in [5, 5.41) is 22.5. The fourth-order valence-electron chi connectivity index (χ4n) is 3.82. The number of aliphatic hydroxyl groups excluding tert-OH is 1. The Kier molecular flexibility index (Phi) is 7.45. The van der Waals surface area contributed by atoms with E-state index in [9.17, 15) is 10.2 Å². The summed E-state index contributed by atoms with van der Waals surface area (Å²) in [6.07, 6.45) is 11.7. The van der Waals surface area contributed by atoms with Crippen LogP contribution in [0, 0.1) is 5.92 Å². The van der Waals surface area contributed by atoms with Crippen LogP contribution in [0.2, 0.25) is 0 Å². The molecule has 1 aliphatic carbocycles. The summed E-state index contributed by atoms with van der Waals surface area (Å²) in [5.74, 6) is 0.495. The van der Waals surface area contributed by atoms with Crippen LogP contribution in [-0.2, 0) is 4.74 Å². The van der Waals surface area contributed by atoms with E-state index in [0.717, 1.165) is 55.8 Å². The molecule has 0 fully saturated rings. The Hall–Kier alpha value is -2.02. The highest BCUT2D eigenvalue weighted by Gasteiger charge is 2.27. The van der Waals surface area contributed by atoms with Crippen molar-refractivity contribution in [3.05, 3.63) is 41.8 Å². The summed E-state index contributed by atoms with van der Waals surface area (Å²) < 4.78 is 5.82. The second kappa shape index (κ2) is 9.86. The van der Waals surface area contributed by atoms with Gasteiger partial charge < -0.3 is 20.3 Å². The first kappa shape index (κ1) is 22.7. The molecule has 0 amide bonds. The molecule has 1 aliphatic heterocycles. The lowest BCUT2D eigenvalue weighted by Gasteiger charge is -2.30. The second-order valence-electron chi connectivity index (χ2n) is 9.26. The first-order valence-corrected chi connectivity index (χ1v) is 11.0. The van der Waals surface area contributed by atoms with Crippen molar-refractivity contribution in [2.45, 2.75) is 77.7 Å². The van der Waals surface area contributed by atoms with Gasteiger partial charge in [-0.2, -0.15) is 0 Å². The maximum absolute atomic E-state index is 9.46. The highest BCUT2D eigenvalue weighted by molar-refractivity contribution is 6.09. The van der Waals surface area contributed by atoms with Crippen LogP contribution in [0.1, 0.15) is 71.8 Å². The van der Waals surface area contributed by atoms with Gasteiger partial charge in [0.25, 0.3) is 0 Å². The van der Waals surface area contributed by atoms with Gasteiger partial charge in [-0.1, -0.05) is 38.0 Å². The molecule has 1 aromatic rings. The van der Waals surface area contributed by atoms with Gasteiger partial charge in [-0.25, -0.2) is 4.99 Å². The van der Waals surface area contributed by atoms with E-state index in [0.29, 0.717) is 5.92 Å².